The van der Waals surface area contributed by atoms with Crippen LogP contribution in [0.5, 0.6) is 0 Å². The highest BCUT2D eigenvalue weighted by molar-refractivity contribution is 6.11. The molecule has 2 aromatic heterocycles. The smallest absolute Gasteiger partial charge is 0.143 e. The Morgan fingerprint density at radius 2 is 0.725 bits per heavy atom. The van der Waals surface area contributed by atoms with Crippen LogP contribution in [-0.4, -0.2) is 4.57 Å². The van der Waals surface area contributed by atoms with Crippen molar-refractivity contribution in [1.29, 1.82) is 0 Å². The van der Waals surface area contributed by atoms with Crippen LogP contribution in [0.1, 0.15) is 0 Å². The summed E-state index contributed by atoms with van der Waals surface area (Å²) in [5.41, 5.74) is 20.2. The van der Waals surface area contributed by atoms with Crippen molar-refractivity contribution in [3.63, 3.8) is 0 Å². The van der Waals surface area contributed by atoms with Crippen LogP contribution in [0.25, 0.3) is 105 Å². The van der Waals surface area contributed by atoms with E-state index in [9.17, 15) is 0 Å². The molecule has 0 fully saturated rings. The minimum Gasteiger partial charge on any atom is -0.455 e. The first-order valence-corrected chi connectivity index (χ1v) is 23.6. The van der Waals surface area contributed by atoms with E-state index in [1.165, 1.54) is 44.1 Å². The number of nitrogens with zero attached hydrogens (tertiary/aromatic N) is 2. The van der Waals surface area contributed by atoms with Crippen LogP contribution in [0.15, 0.2) is 271 Å². The molecule has 0 saturated heterocycles. The van der Waals surface area contributed by atoms with Crippen molar-refractivity contribution in [1.82, 2.24) is 4.57 Å². The topological polar surface area (TPSA) is 21.3 Å². The van der Waals surface area contributed by atoms with Gasteiger partial charge in [0, 0.05) is 49.6 Å². The molecule has 3 heteroatoms. The maximum atomic E-state index is 6.39. The molecule has 0 spiro atoms. The highest BCUT2D eigenvalue weighted by Crippen LogP contribution is 2.44. The fraction of sp³-hybridized carbons (Fsp3) is 0. The maximum absolute atomic E-state index is 6.39. The van der Waals surface area contributed by atoms with Gasteiger partial charge in [-0.2, -0.15) is 0 Å². The van der Waals surface area contributed by atoms with Gasteiger partial charge < -0.3 is 13.9 Å². The second-order valence-corrected chi connectivity index (χ2v) is 17.6. The summed E-state index contributed by atoms with van der Waals surface area (Å²) in [5, 5.41) is 4.78. The Labute approximate surface area is 401 Å². The summed E-state index contributed by atoms with van der Waals surface area (Å²) in [7, 11) is 0. The summed E-state index contributed by atoms with van der Waals surface area (Å²) in [6.07, 6.45) is 0. The van der Waals surface area contributed by atoms with Gasteiger partial charge in [0.05, 0.1) is 22.4 Å². The van der Waals surface area contributed by atoms with E-state index in [0.29, 0.717) is 0 Å². The predicted octanol–water partition coefficient (Wildman–Crippen LogP) is 18.5. The fourth-order valence-electron chi connectivity index (χ4n) is 10.4. The zero-order valence-electron chi connectivity index (χ0n) is 37.7. The average Bonchev–Trinajstić information content (AvgIpc) is 3.98. The van der Waals surface area contributed by atoms with Gasteiger partial charge in [0.1, 0.15) is 11.2 Å². The number of fused-ring (bicyclic) bond motifs is 6. The Balaban J connectivity index is 0.873. The van der Waals surface area contributed by atoms with Crippen LogP contribution in [0.2, 0.25) is 0 Å². The van der Waals surface area contributed by atoms with Gasteiger partial charge in [-0.3, -0.25) is 0 Å². The Morgan fingerprint density at radius 1 is 0.275 bits per heavy atom. The van der Waals surface area contributed by atoms with E-state index in [2.05, 4.69) is 264 Å². The number of furan rings is 1. The summed E-state index contributed by atoms with van der Waals surface area (Å²) < 4.78 is 8.81. The average molecular weight is 881 g/mol. The van der Waals surface area contributed by atoms with Crippen molar-refractivity contribution in [2.45, 2.75) is 0 Å². The molecule has 0 aliphatic rings. The molecule has 0 N–H and O–H groups in total. The highest BCUT2D eigenvalue weighted by atomic mass is 16.3. The Hall–Kier alpha value is -9.18. The van der Waals surface area contributed by atoms with E-state index in [0.717, 1.165) is 78.1 Å². The van der Waals surface area contributed by atoms with Crippen molar-refractivity contribution in [2.75, 3.05) is 4.90 Å². The van der Waals surface area contributed by atoms with E-state index in [1.807, 2.05) is 12.1 Å². The first-order valence-electron chi connectivity index (χ1n) is 23.6. The largest absolute Gasteiger partial charge is 0.455 e. The van der Waals surface area contributed by atoms with E-state index >= 15 is 0 Å². The molecule has 324 valence electrons. The van der Waals surface area contributed by atoms with E-state index in [-0.39, 0.29) is 0 Å². The molecule has 2 heterocycles. The molecule has 0 radical (unpaired) electrons. The molecule has 0 atom stereocenters. The van der Waals surface area contributed by atoms with Gasteiger partial charge in [0.2, 0.25) is 0 Å². The second kappa shape index (κ2) is 16.9. The number of hydrogen-bond acceptors (Lipinski definition) is 2. The standard InChI is InChI=1S/C66H44N2O/c1-2-17-47(18-3-1)53-20-6-11-28-61(53)67(50-41-37-46(38-42-50)45-33-35-49(36-34-45)54-26-16-27-60-59-25-10-15-32-65(59)69-66(54)60)51-43-39-48(40-44-51)52-19-4-5-21-55(52)56-22-7-12-29-62(56)68-63-30-13-8-23-57(63)58-24-9-14-31-64(58)68/h1-44H. The minimum absolute atomic E-state index is 0.909. The van der Waals surface area contributed by atoms with Crippen molar-refractivity contribution >= 4 is 60.8 Å². The lowest BCUT2D eigenvalue weighted by Crippen LogP contribution is -2.11. The van der Waals surface area contributed by atoms with Gasteiger partial charge in [-0.05, 0) is 93.5 Å². The first-order chi connectivity index (χ1) is 34.2. The number of aromatic nitrogens is 1. The zero-order valence-corrected chi connectivity index (χ0v) is 37.7. The minimum atomic E-state index is 0.909. The normalized spacial score (nSPS) is 11.5. The Bertz CT molecular complexity index is 3940. The van der Waals surface area contributed by atoms with Crippen molar-refractivity contribution in [3.8, 4) is 61.3 Å². The van der Waals surface area contributed by atoms with Crippen molar-refractivity contribution in [2.24, 2.45) is 0 Å². The third-order valence-electron chi connectivity index (χ3n) is 13.7. The fourth-order valence-corrected chi connectivity index (χ4v) is 10.4. The predicted molar refractivity (Wildman–Crippen MR) is 290 cm³/mol. The summed E-state index contributed by atoms with van der Waals surface area (Å²) in [6, 6.07) is 96.0. The van der Waals surface area contributed by atoms with Crippen LogP contribution >= 0.6 is 0 Å². The molecule has 0 amide bonds. The molecule has 0 unspecified atom stereocenters. The highest BCUT2D eigenvalue weighted by Gasteiger charge is 2.20. The Kier molecular flexibility index (Phi) is 9.84. The third kappa shape index (κ3) is 6.99. The molecule has 69 heavy (non-hydrogen) atoms. The number of para-hydroxylation sites is 6. The van der Waals surface area contributed by atoms with Gasteiger partial charge in [0.15, 0.2) is 0 Å². The van der Waals surface area contributed by atoms with Crippen molar-refractivity contribution in [3.05, 3.63) is 267 Å². The Morgan fingerprint density at radius 3 is 1.42 bits per heavy atom. The second-order valence-electron chi connectivity index (χ2n) is 17.6. The molecule has 0 aliphatic heterocycles. The van der Waals surface area contributed by atoms with Crippen LogP contribution in [0.4, 0.5) is 17.1 Å². The SMILES string of the molecule is c1ccc(-c2ccccc2N(c2ccc(-c3ccc(-c4cccc5c4oc4ccccc45)cc3)cc2)c2ccc(-c3ccccc3-c3ccccc3-n3c4ccccc4c4ccccc43)cc2)cc1. The van der Waals surface area contributed by atoms with Gasteiger partial charge in [0.25, 0.3) is 0 Å². The number of benzene rings is 11. The first kappa shape index (κ1) is 40.1. The summed E-state index contributed by atoms with van der Waals surface area (Å²) >= 11 is 0. The molecule has 11 aromatic carbocycles. The summed E-state index contributed by atoms with van der Waals surface area (Å²) in [5.74, 6) is 0. The number of hydrogen-bond donors (Lipinski definition) is 0. The lowest BCUT2D eigenvalue weighted by Gasteiger charge is -2.28. The van der Waals surface area contributed by atoms with E-state index in [4.69, 9.17) is 4.42 Å². The summed E-state index contributed by atoms with van der Waals surface area (Å²) in [4.78, 5) is 2.39. The van der Waals surface area contributed by atoms with Gasteiger partial charge in [-0.25, -0.2) is 0 Å². The lowest BCUT2D eigenvalue weighted by molar-refractivity contribution is 0.670. The molecule has 13 aromatic rings. The van der Waals surface area contributed by atoms with Gasteiger partial charge in [-0.15, -0.1) is 0 Å². The maximum Gasteiger partial charge on any atom is 0.143 e. The molecule has 0 bridgehead atoms. The van der Waals surface area contributed by atoms with Crippen LogP contribution in [0.3, 0.4) is 0 Å². The molecular weight excluding hydrogens is 837 g/mol. The molecule has 0 aliphatic carbocycles. The lowest BCUT2D eigenvalue weighted by atomic mass is 9.93. The number of rotatable bonds is 9. The zero-order chi connectivity index (χ0) is 45.7. The van der Waals surface area contributed by atoms with Gasteiger partial charge >= 0.3 is 0 Å². The van der Waals surface area contributed by atoms with Crippen LogP contribution < -0.4 is 4.90 Å². The van der Waals surface area contributed by atoms with Crippen molar-refractivity contribution < 1.29 is 4.42 Å². The molecule has 0 saturated carbocycles. The van der Waals surface area contributed by atoms with E-state index in [1.54, 1.807) is 0 Å². The van der Waals surface area contributed by atoms with Crippen LogP contribution in [0, 0.1) is 0 Å². The molecule has 3 nitrogen and oxygen atoms in total. The number of anilines is 3. The van der Waals surface area contributed by atoms with Gasteiger partial charge in [-0.1, -0.05) is 212 Å². The quantitative estimate of drug-likeness (QED) is 0.144. The summed E-state index contributed by atoms with van der Waals surface area (Å²) in [6.45, 7) is 0. The van der Waals surface area contributed by atoms with Crippen LogP contribution in [-0.2, 0) is 0 Å². The third-order valence-corrected chi connectivity index (χ3v) is 13.7. The van der Waals surface area contributed by atoms with E-state index < -0.39 is 0 Å². The monoisotopic (exact) mass is 880 g/mol. The molecular formula is C66H44N2O. The molecule has 13 rings (SSSR count).